The Morgan fingerprint density at radius 3 is 2.67 bits per heavy atom. The zero-order valence-corrected chi connectivity index (χ0v) is 8.78. The zero-order chi connectivity index (χ0) is 10.7. The molecule has 1 aromatic rings. The maximum absolute atomic E-state index is 10.2. The van der Waals surface area contributed by atoms with E-state index in [1.54, 1.807) is 0 Å². The van der Waals surface area contributed by atoms with Crippen LogP contribution in [0.1, 0.15) is 18.4 Å². The Kier molecular flexibility index (Phi) is 2.93. The number of ether oxygens (including phenoxy) is 1. The molecule has 0 amide bonds. The minimum atomic E-state index is -0.686. The lowest BCUT2D eigenvalue weighted by atomic mass is 9.89. The predicted octanol–water partition coefficient (Wildman–Crippen LogP) is 1.35. The van der Waals surface area contributed by atoms with E-state index in [1.807, 2.05) is 24.3 Å². The van der Waals surface area contributed by atoms with Gasteiger partial charge < -0.3 is 15.6 Å². The van der Waals surface area contributed by atoms with Crippen molar-refractivity contribution in [2.75, 3.05) is 18.9 Å². The number of benzene rings is 1. The minimum Gasteiger partial charge on any atom is -0.399 e. The van der Waals surface area contributed by atoms with E-state index < -0.39 is 5.60 Å². The summed E-state index contributed by atoms with van der Waals surface area (Å²) in [5.74, 6) is 0. The minimum absolute atomic E-state index is 0.442. The molecule has 1 saturated heterocycles. The van der Waals surface area contributed by atoms with Gasteiger partial charge in [0.1, 0.15) is 0 Å². The number of anilines is 1. The van der Waals surface area contributed by atoms with Crippen LogP contribution in [0.25, 0.3) is 0 Å². The Labute approximate surface area is 89.9 Å². The molecule has 1 atom stereocenters. The number of aliphatic hydroxyl groups is 1. The second-order valence-corrected chi connectivity index (χ2v) is 4.30. The Hall–Kier alpha value is -1.06. The van der Waals surface area contributed by atoms with Gasteiger partial charge in [-0.25, -0.2) is 0 Å². The third-order valence-corrected chi connectivity index (χ3v) is 2.81. The molecule has 82 valence electrons. The fraction of sp³-hybridized carbons (Fsp3) is 0.500. The number of hydrogen-bond acceptors (Lipinski definition) is 3. The molecule has 1 aliphatic rings. The van der Waals surface area contributed by atoms with Crippen LogP contribution in [0.5, 0.6) is 0 Å². The molecular weight excluding hydrogens is 190 g/mol. The average Bonchev–Trinajstić information content (AvgIpc) is 2.22. The molecule has 3 N–H and O–H groups in total. The van der Waals surface area contributed by atoms with E-state index in [4.69, 9.17) is 10.5 Å². The van der Waals surface area contributed by atoms with Crippen molar-refractivity contribution in [3.8, 4) is 0 Å². The van der Waals surface area contributed by atoms with E-state index in [-0.39, 0.29) is 0 Å². The SMILES string of the molecule is Nc1ccc(CC2(O)CCCOC2)cc1. The molecule has 1 fully saturated rings. The molecule has 2 rings (SSSR count). The second-order valence-electron chi connectivity index (χ2n) is 4.30. The van der Waals surface area contributed by atoms with Gasteiger partial charge in [0.15, 0.2) is 0 Å². The number of rotatable bonds is 2. The van der Waals surface area contributed by atoms with Gasteiger partial charge in [-0.1, -0.05) is 12.1 Å². The van der Waals surface area contributed by atoms with Crippen LogP contribution in [0, 0.1) is 0 Å². The number of nitrogens with two attached hydrogens (primary N) is 1. The lowest BCUT2D eigenvalue weighted by molar-refractivity contribution is -0.0844. The van der Waals surface area contributed by atoms with Gasteiger partial charge in [-0.3, -0.25) is 0 Å². The first-order chi connectivity index (χ1) is 7.18. The monoisotopic (exact) mass is 207 g/mol. The van der Waals surface area contributed by atoms with E-state index in [9.17, 15) is 5.11 Å². The topological polar surface area (TPSA) is 55.5 Å². The first-order valence-corrected chi connectivity index (χ1v) is 5.33. The second kappa shape index (κ2) is 4.21. The van der Waals surface area contributed by atoms with Crippen molar-refractivity contribution in [2.24, 2.45) is 0 Å². The van der Waals surface area contributed by atoms with E-state index >= 15 is 0 Å². The maximum Gasteiger partial charge on any atom is 0.0921 e. The molecule has 1 aliphatic heterocycles. The Morgan fingerprint density at radius 2 is 2.07 bits per heavy atom. The fourth-order valence-corrected chi connectivity index (χ4v) is 1.99. The normalized spacial score (nSPS) is 26.5. The summed E-state index contributed by atoms with van der Waals surface area (Å²) in [5, 5.41) is 10.2. The van der Waals surface area contributed by atoms with Crippen LogP contribution in [0.3, 0.4) is 0 Å². The lowest BCUT2D eigenvalue weighted by Crippen LogP contribution is -2.40. The average molecular weight is 207 g/mol. The highest BCUT2D eigenvalue weighted by Crippen LogP contribution is 2.23. The van der Waals surface area contributed by atoms with Gasteiger partial charge in [-0.15, -0.1) is 0 Å². The van der Waals surface area contributed by atoms with E-state index in [0.29, 0.717) is 13.0 Å². The van der Waals surface area contributed by atoms with Gasteiger partial charge in [0, 0.05) is 18.7 Å². The van der Waals surface area contributed by atoms with Crippen LogP contribution in [0.4, 0.5) is 5.69 Å². The lowest BCUT2D eigenvalue weighted by Gasteiger charge is -2.32. The molecular formula is C12H17NO2. The van der Waals surface area contributed by atoms with Crippen molar-refractivity contribution in [1.29, 1.82) is 0 Å². The highest BCUT2D eigenvalue weighted by atomic mass is 16.5. The molecule has 15 heavy (non-hydrogen) atoms. The van der Waals surface area contributed by atoms with Crippen LogP contribution in [-0.2, 0) is 11.2 Å². The molecule has 1 aromatic carbocycles. The zero-order valence-electron chi connectivity index (χ0n) is 8.78. The Balaban J connectivity index is 2.03. The molecule has 0 radical (unpaired) electrons. The molecule has 3 nitrogen and oxygen atoms in total. The third-order valence-electron chi connectivity index (χ3n) is 2.81. The summed E-state index contributed by atoms with van der Waals surface area (Å²) < 4.78 is 5.31. The smallest absolute Gasteiger partial charge is 0.0921 e. The predicted molar refractivity (Wildman–Crippen MR) is 59.6 cm³/mol. The fourth-order valence-electron chi connectivity index (χ4n) is 1.99. The quantitative estimate of drug-likeness (QED) is 0.720. The van der Waals surface area contributed by atoms with Gasteiger partial charge >= 0.3 is 0 Å². The van der Waals surface area contributed by atoms with Crippen LogP contribution in [0.15, 0.2) is 24.3 Å². The van der Waals surface area contributed by atoms with Gasteiger partial charge in [0.2, 0.25) is 0 Å². The largest absolute Gasteiger partial charge is 0.399 e. The summed E-state index contributed by atoms with van der Waals surface area (Å²) in [6.07, 6.45) is 2.40. The van der Waals surface area contributed by atoms with Crippen molar-refractivity contribution < 1.29 is 9.84 Å². The Bertz CT molecular complexity index is 315. The molecule has 1 unspecified atom stereocenters. The van der Waals surface area contributed by atoms with E-state index in [0.717, 1.165) is 30.7 Å². The van der Waals surface area contributed by atoms with Crippen molar-refractivity contribution in [3.05, 3.63) is 29.8 Å². The molecule has 0 saturated carbocycles. The Morgan fingerprint density at radius 1 is 1.33 bits per heavy atom. The third kappa shape index (κ3) is 2.70. The standard InChI is InChI=1S/C12H17NO2/c13-11-4-2-10(3-5-11)8-12(14)6-1-7-15-9-12/h2-5,14H,1,6-9,13H2. The summed E-state index contributed by atoms with van der Waals surface area (Å²) in [6, 6.07) is 7.65. The van der Waals surface area contributed by atoms with Crippen molar-refractivity contribution >= 4 is 5.69 Å². The maximum atomic E-state index is 10.2. The number of hydrogen-bond donors (Lipinski definition) is 2. The molecule has 0 spiro atoms. The van der Waals surface area contributed by atoms with Crippen LogP contribution >= 0.6 is 0 Å². The van der Waals surface area contributed by atoms with Crippen molar-refractivity contribution in [3.63, 3.8) is 0 Å². The summed E-state index contributed by atoms with van der Waals surface area (Å²) in [7, 11) is 0. The summed E-state index contributed by atoms with van der Waals surface area (Å²) in [5.41, 5.74) is 6.78. The van der Waals surface area contributed by atoms with Gasteiger partial charge in [-0.05, 0) is 30.5 Å². The van der Waals surface area contributed by atoms with E-state index in [1.165, 1.54) is 0 Å². The summed E-state index contributed by atoms with van der Waals surface area (Å²) >= 11 is 0. The van der Waals surface area contributed by atoms with Gasteiger partial charge in [0.25, 0.3) is 0 Å². The summed E-state index contributed by atoms with van der Waals surface area (Å²) in [6.45, 7) is 1.21. The highest BCUT2D eigenvalue weighted by molar-refractivity contribution is 5.39. The van der Waals surface area contributed by atoms with Crippen LogP contribution < -0.4 is 5.73 Å². The highest BCUT2D eigenvalue weighted by Gasteiger charge is 2.30. The first kappa shape index (κ1) is 10.5. The van der Waals surface area contributed by atoms with Crippen molar-refractivity contribution in [2.45, 2.75) is 24.9 Å². The molecule has 1 heterocycles. The molecule has 3 heteroatoms. The van der Waals surface area contributed by atoms with Crippen LogP contribution in [0.2, 0.25) is 0 Å². The van der Waals surface area contributed by atoms with Crippen molar-refractivity contribution in [1.82, 2.24) is 0 Å². The molecule has 0 aromatic heterocycles. The van der Waals surface area contributed by atoms with Gasteiger partial charge in [-0.2, -0.15) is 0 Å². The molecule has 0 bridgehead atoms. The van der Waals surface area contributed by atoms with Crippen LogP contribution in [-0.4, -0.2) is 23.9 Å². The molecule has 0 aliphatic carbocycles. The first-order valence-electron chi connectivity index (χ1n) is 5.33. The summed E-state index contributed by atoms with van der Waals surface area (Å²) in [4.78, 5) is 0. The number of nitrogen functional groups attached to an aromatic ring is 1. The van der Waals surface area contributed by atoms with E-state index in [2.05, 4.69) is 0 Å². The van der Waals surface area contributed by atoms with Gasteiger partial charge in [0.05, 0.1) is 12.2 Å².